The van der Waals surface area contributed by atoms with Gasteiger partial charge < -0.3 is 15.2 Å². The Morgan fingerprint density at radius 1 is 0.875 bits per heavy atom. The highest BCUT2D eigenvalue weighted by molar-refractivity contribution is 5.93. The molecule has 3 rings (SSSR count). The maximum absolute atomic E-state index is 12.3. The summed E-state index contributed by atoms with van der Waals surface area (Å²) in [6.07, 6.45) is 1.05. The Morgan fingerprint density at radius 3 is 2.03 bits per heavy atom. The second kappa shape index (κ2) is 10.7. The molecule has 1 aromatic heterocycles. The number of aromatic nitrogens is 2. The van der Waals surface area contributed by atoms with Gasteiger partial charge in [-0.1, -0.05) is 57.1 Å². The molecule has 0 spiro atoms. The van der Waals surface area contributed by atoms with Crippen molar-refractivity contribution >= 4 is 23.2 Å². The molecule has 168 valence electrons. The Morgan fingerprint density at radius 2 is 1.47 bits per heavy atom. The second-order valence-electron chi connectivity index (χ2n) is 8.56. The molecule has 3 aromatic rings. The zero-order chi connectivity index (χ0) is 23.1. The van der Waals surface area contributed by atoms with E-state index in [4.69, 9.17) is 4.52 Å². The molecular formula is C25H30N4O3. The van der Waals surface area contributed by atoms with Crippen LogP contribution < -0.4 is 10.6 Å². The number of amides is 2. The highest BCUT2D eigenvalue weighted by atomic mass is 16.5. The number of hydrogen-bond acceptors (Lipinski definition) is 5. The Hall–Kier alpha value is -3.48. The van der Waals surface area contributed by atoms with E-state index in [9.17, 15) is 9.59 Å². The predicted octanol–water partition coefficient (Wildman–Crippen LogP) is 5.42. The molecule has 1 heterocycles. The standard InChI is InChI=1S/C25H30N4O3/c1-16(2)15-23(31)27-21-11-9-20(10-12-21)26-22(30)13-14-24-28-25(29-32-24)19-7-5-18(6-8-19)17(3)4/h5-12,16-17H,13-15H2,1-4H3,(H,26,30)(H,27,31). The van der Waals surface area contributed by atoms with Crippen LogP contribution in [-0.4, -0.2) is 22.0 Å². The quantitative estimate of drug-likeness (QED) is 0.469. The first-order chi connectivity index (χ1) is 15.3. The number of hydrogen-bond donors (Lipinski definition) is 2. The molecule has 0 aliphatic heterocycles. The summed E-state index contributed by atoms with van der Waals surface area (Å²) in [6.45, 7) is 8.29. The topological polar surface area (TPSA) is 97.1 Å². The summed E-state index contributed by atoms with van der Waals surface area (Å²) in [4.78, 5) is 28.5. The first-order valence-electron chi connectivity index (χ1n) is 10.9. The van der Waals surface area contributed by atoms with E-state index in [2.05, 4.69) is 46.8 Å². The van der Waals surface area contributed by atoms with Crippen LogP contribution in [0.1, 0.15) is 57.9 Å². The van der Waals surface area contributed by atoms with Gasteiger partial charge in [-0.05, 0) is 41.7 Å². The molecule has 2 aromatic carbocycles. The molecular weight excluding hydrogens is 404 g/mol. The van der Waals surface area contributed by atoms with E-state index in [0.717, 1.165) is 5.56 Å². The average Bonchev–Trinajstić information content (AvgIpc) is 3.22. The highest BCUT2D eigenvalue weighted by Gasteiger charge is 2.12. The molecule has 0 saturated carbocycles. The van der Waals surface area contributed by atoms with Gasteiger partial charge in [-0.15, -0.1) is 0 Å². The summed E-state index contributed by atoms with van der Waals surface area (Å²) < 4.78 is 5.30. The zero-order valence-electron chi connectivity index (χ0n) is 19.0. The van der Waals surface area contributed by atoms with Crippen molar-refractivity contribution in [3.63, 3.8) is 0 Å². The van der Waals surface area contributed by atoms with Crippen molar-refractivity contribution in [3.8, 4) is 11.4 Å². The molecule has 0 aliphatic carbocycles. The minimum absolute atomic E-state index is 0.0217. The van der Waals surface area contributed by atoms with Crippen molar-refractivity contribution in [1.82, 2.24) is 10.1 Å². The van der Waals surface area contributed by atoms with Gasteiger partial charge in [0, 0.05) is 36.2 Å². The fourth-order valence-electron chi connectivity index (χ4n) is 3.15. The molecule has 32 heavy (non-hydrogen) atoms. The van der Waals surface area contributed by atoms with Crippen molar-refractivity contribution in [3.05, 3.63) is 60.0 Å². The fourth-order valence-corrected chi connectivity index (χ4v) is 3.15. The molecule has 2 N–H and O–H groups in total. The minimum Gasteiger partial charge on any atom is -0.339 e. The first kappa shape index (κ1) is 23.2. The minimum atomic E-state index is -0.150. The first-order valence-corrected chi connectivity index (χ1v) is 10.9. The summed E-state index contributed by atoms with van der Waals surface area (Å²) >= 11 is 0. The lowest BCUT2D eigenvalue weighted by Crippen LogP contribution is -2.14. The molecule has 7 heteroatoms. The summed E-state index contributed by atoms with van der Waals surface area (Å²) in [5.74, 6) is 1.53. The smallest absolute Gasteiger partial charge is 0.227 e. The number of rotatable bonds is 9. The molecule has 0 aliphatic rings. The molecule has 0 fully saturated rings. The van der Waals surface area contributed by atoms with Crippen LogP contribution in [0.4, 0.5) is 11.4 Å². The molecule has 0 atom stereocenters. The van der Waals surface area contributed by atoms with Crippen LogP contribution in [0.2, 0.25) is 0 Å². The largest absolute Gasteiger partial charge is 0.339 e. The third-order valence-corrected chi connectivity index (χ3v) is 4.92. The number of benzene rings is 2. The van der Waals surface area contributed by atoms with E-state index in [0.29, 0.717) is 47.8 Å². The zero-order valence-corrected chi connectivity index (χ0v) is 19.0. The van der Waals surface area contributed by atoms with Crippen molar-refractivity contribution in [2.24, 2.45) is 5.92 Å². The number of aryl methyl sites for hydroxylation is 1. The van der Waals surface area contributed by atoms with Gasteiger partial charge in [0.25, 0.3) is 0 Å². The van der Waals surface area contributed by atoms with Crippen molar-refractivity contribution < 1.29 is 14.1 Å². The molecule has 7 nitrogen and oxygen atoms in total. The SMILES string of the molecule is CC(C)CC(=O)Nc1ccc(NC(=O)CCc2nc(-c3ccc(C(C)C)cc3)no2)cc1. The second-order valence-corrected chi connectivity index (χ2v) is 8.56. The van der Waals surface area contributed by atoms with Gasteiger partial charge in [0.05, 0.1) is 0 Å². The summed E-state index contributed by atoms with van der Waals surface area (Å²) in [5, 5.41) is 9.71. The summed E-state index contributed by atoms with van der Waals surface area (Å²) in [5.41, 5.74) is 3.50. The highest BCUT2D eigenvalue weighted by Crippen LogP contribution is 2.21. The van der Waals surface area contributed by atoms with E-state index >= 15 is 0 Å². The molecule has 2 amide bonds. The van der Waals surface area contributed by atoms with Gasteiger partial charge in [-0.25, -0.2) is 0 Å². The van der Waals surface area contributed by atoms with Gasteiger partial charge in [0.15, 0.2) is 0 Å². The molecule has 0 radical (unpaired) electrons. The molecule has 0 bridgehead atoms. The van der Waals surface area contributed by atoms with Gasteiger partial charge in [-0.2, -0.15) is 4.98 Å². The number of nitrogens with one attached hydrogen (secondary N) is 2. The van der Waals surface area contributed by atoms with Crippen LogP contribution in [-0.2, 0) is 16.0 Å². The van der Waals surface area contributed by atoms with Gasteiger partial charge in [-0.3, -0.25) is 9.59 Å². The van der Waals surface area contributed by atoms with Crippen LogP contribution in [0.25, 0.3) is 11.4 Å². The maximum Gasteiger partial charge on any atom is 0.227 e. The van der Waals surface area contributed by atoms with Crippen molar-refractivity contribution in [1.29, 1.82) is 0 Å². The third kappa shape index (κ3) is 6.77. The maximum atomic E-state index is 12.3. The normalized spacial score (nSPS) is 11.1. The number of anilines is 2. The van der Waals surface area contributed by atoms with Crippen LogP contribution >= 0.6 is 0 Å². The van der Waals surface area contributed by atoms with E-state index in [-0.39, 0.29) is 18.2 Å². The Bertz CT molecular complexity index is 1040. The summed E-state index contributed by atoms with van der Waals surface area (Å²) in [7, 11) is 0. The van der Waals surface area contributed by atoms with Gasteiger partial charge in [0.2, 0.25) is 23.5 Å². The van der Waals surface area contributed by atoms with Crippen molar-refractivity contribution in [2.75, 3.05) is 10.6 Å². The van der Waals surface area contributed by atoms with Crippen LogP contribution in [0, 0.1) is 5.92 Å². The monoisotopic (exact) mass is 434 g/mol. The molecule has 0 saturated heterocycles. The Labute approximate surface area is 188 Å². The van der Waals surface area contributed by atoms with E-state index in [1.165, 1.54) is 5.56 Å². The van der Waals surface area contributed by atoms with Gasteiger partial charge >= 0.3 is 0 Å². The Balaban J connectivity index is 1.48. The number of carbonyl (C=O) groups is 2. The average molecular weight is 435 g/mol. The lowest BCUT2D eigenvalue weighted by atomic mass is 10.0. The van der Waals surface area contributed by atoms with Crippen LogP contribution in [0.5, 0.6) is 0 Å². The van der Waals surface area contributed by atoms with Crippen LogP contribution in [0.3, 0.4) is 0 Å². The predicted molar refractivity (Wildman–Crippen MR) is 125 cm³/mol. The lowest BCUT2D eigenvalue weighted by Gasteiger charge is -2.09. The number of nitrogens with zero attached hydrogens (tertiary/aromatic N) is 2. The van der Waals surface area contributed by atoms with Crippen LogP contribution in [0.15, 0.2) is 53.1 Å². The van der Waals surface area contributed by atoms with E-state index in [1.54, 1.807) is 24.3 Å². The Kier molecular flexibility index (Phi) is 7.76. The van der Waals surface area contributed by atoms with E-state index < -0.39 is 0 Å². The third-order valence-electron chi connectivity index (χ3n) is 4.92. The van der Waals surface area contributed by atoms with Crippen molar-refractivity contribution in [2.45, 2.75) is 52.9 Å². The fraction of sp³-hybridized carbons (Fsp3) is 0.360. The molecule has 0 unspecified atom stereocenters. The summed E-state index contributed by atoms with van der Waals surface area (Å²) in [6, 6.07) is 15.1. The lowest BCUT2D eigenvalue weighted by molar-refractivity contribution is -0.117. The van der Waals surface area contributed by atoms with E-state index in [1.807, 2.05) is 26.0 Å². The number of carbonyl (C=O) groups excluding carboxylic acids is 2. The van der Waals surface area contributed by atoms with Gasteiger partial charge in [0.1, 0.15) is 0 Å².